The van der Waals surface area contributed by atoms with Crippen LogP contribution in [0.4, 0.5) is 34.1 Å². The highest BCUT2D eigenvalue weighted by molar-refractivity contribution is 6.21. The topological polar surface area (TPSA) is 6.48 Å². The number of anilines is 6. The van der Waals surface area contributed by atoms with Gasteiger partial charge >= 0.3 is 0 Å². The van der Waals surface area contributed by atoms with E-state index < -0.39 is 10.8 Å². The van der Waals surface area contributed by atoms with Crippen LogP contribution in [0.2, 0.25) is 0 Å². The van der Waals surface area contributed by atoms with Gasteiger partial charge in [-0.25, -0.2) is 0 Å². The highest BCUT2D eigenvalue weighted by atomic mass is 15.2. The lowest BCUT2D eigenvalue weighted by atomic mass is 9.64. The molecule has 2 aliphatic carbocycles. The Hall–Kier alpha value is -11.3. The first-order valence-corrected chi connectivity index (χ1v) is 30.7. The molecule has 0 radical (unpaired) electrons. The second-order valence-corrected chi connectivity index (χ2v) is 24.1. The molecule has 15 aromatic carbocycles. The van der Waals surface area contributed by atoms with Crippen LogP contribution in [0.1, 0.15) is 44.5 Å². The van der Waals surface area contributed by atoms with Crippen LogP contribution in [-0.4, -0.2) is 0 Å². The van der Waals surface area contributed by atoms with Gasteiger partial charge in [0.1, 0.15) is 0 Å². The van der Waals surface area contributed by atoms with Crippen LogP contribution >= 0.6 is 0 Å². The van der Waals surface area contributed by atoms with Crippen molar-refractivity contribution in [3.8, 4) is 55.6 Å². The van der Waals surface area contributed by atoms with Crippen molar-refractivity contribution in [2.24, 2.45) is 0 Å². The highest BCUT2D eigenvalue weighted by Crippen LogP contribution is 2.67. The molecule has 2 aliphatic heterocycles. The molecule has 4 aliphatic rings. The van der Waals surface area contributed by atoms with Gasteiger partial charge in [0.2, 0.25) is 0 Å². The minimum absolute atomic E-state index is 0.596. The molecule has 2 heterocycles. The van der Waals surface area contributed by atoms with Crippen molar-refractivity contribution in [1.29, 1.82) is 0 Å². The number of fused-ring (bicyclic) bond motifs is 21. The lowest BCUT2D eigenvalue weighted by Crippen LogP contribution is -2.36. The monoisotopic (exact) mass is 1110 g/mol. The standard InChI is InChI=1S/C86H54N2/c1-3-27-58(28-4-1)87-78-47-17-13-41-72(78)85(73-42-14-18-48-79(73)87)70-39-11-9-31-66(70)83-62(37-23-45-76(83)85)60-33-21-35-64-68(60)54-69-61(34-22-36-65(69)82(64)57-52-51-55-25-7-8-26-56(55)53-57)63-38-24-46-77-84(63)67-32-10-12-40-71(67)86(77)74-43-15-19-49-80(74)88(59-29-5-2-6-30-59)81-50-20-16-44-75(81)86/h1-54H. The summed E-state index contributed by atoms with van der Waals surface area (Å²) < 4.78 is 0. The van der Waals surface area contributed by atoms with Gasteiger partial charge < -0.3 is 9.80 Å². The summed E-state index contributed by atoms with van der Waals surface area (Å²) in [6.45, 7) is 0. The summed E-state index contributed by atoms with van der Waals surface area (Å²) in [6.07, 6.45) is 0. The summed E-state index contributed by atoms with van der Waals surface area (Å²) in [4.78, 5) is 4.93. The Balaban J connectivity index is 0.889. The van der Waals surface area contributed by atoms with Gasteiger partial charge in [-0.2, -0.15) is 0 Å². The summed E-state index contributed by atoms with van der Waals surface area (Å²) in [5.74, 6) is 0. The number of hydrogen-bond acceptors (Lipinski definition) is 2. The number of rotatable bonds is 5. The molecule has 0 unspecified atom stereocenters. The van der Waals surface area contributed by atoms with Gasteiger partial charge in [0.05, 0.1) is 33.6 Å². The minimum Gasteiger partial charge on any atom is -0.310 e. The SMILES string of the molecule is c1ccc(N2c3ccccc3C3(c4ccccc4-c4c(-c5cccc6c(-c7ccc8ccccc8c7)c7cccc(-c8cccc9c8-c8ccccc8C98c9ccccc9N(c9ccccc9)c9ccccc98)c7cc56)cccc43)c3ccccc32)cc1. The maximum absolute atomic E-state index is 2.55. The van der Waals surface area contributed by atoms with Crippen LogP contribution < -0.4 is 9.80 Å². The van der Waals surface area contributed by atoms with E-state index in [4.69, 9.17) is 0 Å². The second-order valence-electron chi connectivity index (χ2n) is 24.1. The molecule has 0 N–H and O–H groups in total. The molecular weight excluding hydrogens is 1060 g/mol. The smallest absolute Gasteiger partial charge is 0.0754 e. The Morgan fingerprint density at radius 3 is 0.989 bits per heavy atom. The van der Waals surface area contributed by atoms with Crippen molar-refractivity contribution in [2.75, 3.05) is 9.80 Å². The third kappa shape index (κ3) is 6.45. The van der Waals surface area contributed by atoms with Crippen LogP contribution in [0.15, 0.2) is 328 Å². The molecule has 15 aromatic rings. The molecule has 2 nitrogen and oxygen atoms in total. The molecule has 0 saturated carbocycles. The van der Waals surface area contributed by atoms with E-state index in [2.05, 4.69) is 337 Å². The fraction of sp³-hybridized carbons (Fsp3) is 0.0233. The maximum atomic E-state index is 2.55. The number of hydrogen-bond donors (Lipinski definition) is 0. The Labute approximate surface area is 511 Å². The zero-order chi connectivity index (χ0) is 57.7. The average Bonchev–Trinajstić information content (AvgIpc) is 1.47. The molecule has 2 heteroatoms. The number of nitrogens with zero attached hydrogens (tertiary/aromatic N) is 2. The first-order chi connectivity index (χ1) is 43.7. The Kier molecular flexibility index (Phi) is 10.3. The predicted molar refractivity (Wildman–Crippen MR) is 366 cm³/mol. The quantitative estimate of drug-likeness (QED) is 0.159. The Morgan fingerprint density at radius 2 is 0.534 bits per heavy atom. The molecule has 0 amide bonds. The van der Waals surface area contributed by atoms with E-state index in [9.17, 15) is 0 Å². The van der Waals surface area contributed by atoms with Gasteiger partial charge in [0.15, 0.2) is 0 Å². The van der Waals surface area contributed by atoms with Crippen molar-refractivity contribution in [1.82, 2.24) is 0 Å². The van der Waals surface area contributed by atoms with Crippen LogP contribution in [-0.2, 0) is 10.8 Å². The van der Waals surface area contributed by atoms with E-state index in [1.54, 1.807) is 0 Å². The van der Waals surface area contributed by atoms with E-state index in [0.29, 0.717) is 0 Å². The first-order valence-electron chi connectivity index (χ1n) is 30.7. The van der Waals surface area contributed by atoms with Gasteiger partial charge in [-0.05, 0) is 193 Å². The largest absolute Gasteiger partial charge is 0.310 e. The fourth-order valence-corrected chi connectivity index (χ4v) is 16.8. The predicted octanol–water partition coefficient (Wildman–Crippen LogP) is 22.4. The van der Waals surface area contributed by atoms with Crippen molar-refractivity contribution in [2.45, 2.75) is 10.8 Å². The second kappa shape index (κ2) is 18.6. The first kappa shape index (κ1) is 49.0. The third-order valence-electron chi connectivity index (χ3n) is 20.0. The Bertz CT molecular complexity index is 5030. The fourth-order valence-electron chi connectivity index (χ4n) is 16.8. The van der Waals surface area contributed by atoms with E-state index in [-0.39, 0.29) is 0 Å². The van der Waals surface area contributed by atoms with Gasteiger partial charge in [0.25, 0.3) is 0 Å². The van der Waals surface area contributed by atoms with Crippen molar-refractivity contribution in [3.05, 3.63) is 372 Å². The van der Waals surface area contributed by atoms with Gasteiger partial charge in [0, 0.05) is 11.4 Å². The molecule has 0 aromatic heterocycles. The number of benzene rings is 15. The van der Waals surface area contributed by atoms with E-state index in [1.807, 2.05) is 0 Å². The highest BCUT2D eigenvalue weighted by Gasteiger charge is 2.54. The zero-order valence-electron chi connectivity index (χ0n) is 48.1. The Morgan fingerprint density at radius 1 is 0.193 bits per heavy atom. The van der Waals surface area contributed by atoms with Crippen molar-refractivity contribution in [3.63, 3.8) is 0 Å². The summed E-state index contributed by atoms with van der Waals surface area (Å²) >= 11 is 0. The molecule has 0 saturated heterocycles. The lowest BCUT2D eigenvalue weighted by molar-refractivity contribution is 0.753. The van der Waals surface area contributed by atoms with Crippen LogP contribution in [0.25, 0.3) is 88.0 Å². The average molecular weight is 1120 g/mol. The molecular formula is C86H54N2. The lowest BCUT2D eigenvalue weighted by Gasteiger charge is -2.45. The van der Waals surface area contributed by atoms with Crippen molar-refractivity contribution < 1.29 is 0 Å². The summed E-state index contributed by atoms with van der Waals surface area (Å²) in [5.41, 5.74) is 28.6. The zero-order valence-corrected chi connectivity index (χ0v) is 48.1. The summed E-state index contributed by atoms with van der Waals surface area (Å²) in [6, 6.07) is 124. The number of para-hydroxylation sites is 6. The molecule has 88 heavy (non-hydrogen) atoms. The van der Waals surface area contributed by atoms with E-state index in [0.717, 1.165) is 11.4 Å². The molecule has 0 atom stereocenters. The van der Waals surface area contributed by atoms with Gasteiger partial charge in [-0.15, -0.1) is 0 Å². The van der Waals surface area contributed by atoms with E-state index in [1.165, 1.54) is 155 Å². The van der Waals surface area contributed by atoms with Crippen LogP contribution in [0.3, 0.4) is 0 Å². The van der Waals surface area contributed by atoms with Crippen LogP contribution in [0, 0.1) is 0 Å². The molecule has 19 rings (SSSR count). The molecule has 0 bridgehead atoms. The van der Waals surface area contributed by atoms with E-state index >= 15 is 0 Å². The summed E-state index contributed by atoms with van der Waals surface area (Å²) in [7, 11) is 0. The summed E-state index contributed by atoms with van der Waals surface area (Å²) in [5, 5.41) is 7.34. The van der Waals surface area contributed by atoms with Crippen LogP contribution in [0.5, 0.6) is 0 Å². The van der Waals surface area contributed by atoms with Gasteiger partial charge in [-0.1, -0.05) is 267 Å². The molecule has 0 fully saturated rings. The molecule has 408 valence electrons. The third-order valence-corrected chi connectivity index (χ3v) is 20.0. The van der Waals surface area contributed by atoms with Crippen molar-refractivity contribution >= 4 is 66.4 Å². The normalized spacial score (nSPS) is 14.0. The maximum Gasteiger partial charge on any atom is 0.0754 e. The van der Waals surface area contributed by atoms with Gasteiger partial charge in [-0.3, -0.25) is 0 Å². The molecule has 2 spiro atoms. The minimum atomic E-state index is -0.596.